The van der Waals surface area contributed by atoms with Crippen LogP contribution >= 0.6 is 23.8 Å². The second kappa shape index (κ2) is 11.5. The van der Waals surface area contributed by atoms with Crippen LogP contribution in [0.25, 0.3) is 0 Å². The number of likely N-dealkylation sites (N-methyl/N-ethyl adjacent to an activating group) is 1. The van der Waals surface area contributed by atoms with Crippen molar-refractivity contribution in [3.8, 4) is 5.75 Å². The lowest BCUT2D eigenvalue weighted by molar-refractivity contribution is -0.118. The Morgan fingerprint density at radius 2 is 1.86 bits per heavy atom. The van der Waals surface area contributed by atoms with Crippen molar-refractivity contribution < 1.29 is 9.53 Å². The summed E-state index contributed by atoms with van der Waals surface area (Å²) < 4.78 is 5.68. The lowest BCUT2D eigenvalue weighted by Crippen LogP contribution is -2.40. The number of unbranched alkanes of at least 4 members (excludes halogenated alkanes) is 2. The highest BCUT2D eigenvalue weighted by Gasteiger charge is 2.11. The van der Waals surface area contributed by atoms with E-state index in [2.05, 4.69) is 17.6 Å². The Kier molecular flexibility index (Phi) is 9.04. The number of hydrogen-bond donors (Lipinski definition) is 2. The number of para-hydroxylation sites is 1. The van der Waals surface area contributed by atoms with E-state index in [1.165, 1.54) is 12.8 Å². The number of ether oxygens (including phenoxy) is 1. The molecule has 0 saturated heterocycles. The van der Waals surface area contributed by atoms with E-state index in [1.54, 1.807) is 18.0 Å². The van der Waals surface area contributed by atoms with Gasteiger partial charge in [0.1, 0.15) is 5.75 Å². The zero-order valence-electron chi connectivity index (χ0n) is 16.2. The summed E-state index contributed by atoms with van der Waals surface area (Å²) in [5.41, 5.74) is 1.57. The van der Waals surface area contributed by atoms with Crippen molar-refractivity contribution in [1.29, 1.82) is 0 Å². The average Bonchev–Trinajstić information content (AvgIpc) is 2.66. The molecular weight excluding hydrogens is 394 g/mol. The molecule has 150 valence electrons. The highest BCUT2D eigenvalue weighted by Crippen LogP contribution is 2.23. The second-order valence-electron chi connectivity index (χ2n) is 6.39. The quantitative estimate of drug-likeness (QED) is 0.449. The largest absolute Gasteiger partial charge is 0.494 e. The number of amides is 1. The molecule has 2 rings (SSSR count). The van der Waals surface area contributed by atoms with Crippen molar-refractivity contribution in [2.24, 2.45) is 0 Å². The molecule has 0 aliphatic carbocycles. The normalized spacial score (nSPS) is 10.2. The number of thiocarbonyl (C=S) groups is 1. The highest BCUT2D eigenvalue weighted by molar-refractivity contribution is 7.80. The number of hydrogen-bond acceptors (Lipinski definition) is 4. The number of carbonyl (C=O) groups is 1. The van der Waals surface area contributed by atoms with E-state index < -0.39 is 0 Å². The summed E-state index contributed by atoms with van der Waals surface area (Å²) in [5.74, 6) is 0.591. The van der Waals surface area contributed by atoms with E-state index in [9.17, 15) is 4.79 Å². The molecule has 0 unspecified atom stereocenters. The molecule has 0 saturated carbocycles. The summed E-state index contributed by atoms with van der Waals surface area (Å²) >= 11 is 11.4. The average molecular weight is 420 g/mol. The number of carbonyl (C=O) groups excluding carboxylic acids is 1. The minimum atomic E-state index is -0.226. The maximum absolute atomic E-state index is 12.2. The van der Waals surface area contributed by atoms with Gasteiger partial charge in [0.05, 0.1) is 23.9 Å². The number of halogens is 1. The highest BCUT2D eigenvalue weighted by atomic mass is 35.5. The first-order valence-electron chi connectivity index (χ1n) is 9.29. The lowest BCUT2D eigenvalue weighted by atomic mass is 10.2. The van der Waals surface area contributed by atoms with E-state index in [0.717, 1.165) is 23.5 Å². The second-order valence-corrected chi connectivity index (χ2v) is 7.21. The summed E-state index contributed by atoms with van der Waals surface area (Å²) in [6.07, 6.45) is 3.39. The van der Waals surface area contributed by atoms with Crippen LogP contribution in [0.3, 0.4) is 0 Å². The van der Waals surface area contributed by atoms with Crippen LogP contribution in [-0.4, -0.2) is 31.2 Å². The van der Waals surface area contributed by atoms with Crippen molar-refractivity contribution in [2.75, 3.05) is 30.4 Å². The molecule has 5 nitrogen and oxygen atoms in total. The predicted molar refractivity (Wildman–Crippen MR) is 121 cm³/mol. The molecule has 28 heavy (non-hydrogen) atoms. The third kappa shape index (κ3) is 7.37. The van der Waals surface area contributed by atoms with Crippen molar-refractivity contribution in [2.45, 2.75) is 26.2 Å². The molecule has 0 bridgehead atoms. The van der Waals surface area contributed by atoms with Gasteiger partial charge in [-0.25, -0.2) is 0 Å². The summed E-state index contributed by atoms with van der Waals surface area (Å²) in [6, 6.07) is 14.9. The van der Waals surface area contributed by atoms with Crippen molar-refractivity contribution in [3.63, 3.8) is 0 Å². The third-order valence-electron chi connectivity index (χ3n) is 4.03. The van der Waals surface area contributed by atoms with Crippen molar-refractivity contribution in [3.05, 3.63) is 53.6 Å². The Balaban J connectivity index is 1.78. The van der Waals surface area contributed by atoms with E-state index in [4.69, 9.17) is 28.6 Å². The molecular formula is C21H26ClN3O2S. The maximum Gasteiger partial charge on any atom is 0.245 e. The first kappa shape index (κ1) is 22.0. The summed E-state index contributed by atoms with van der Waals surface area (Å²) in [6.45, 7) is 3.01. The summed E-state index contributed by atoms with van der Waals surface area (Å²) in [4.78, 5) is 14.0. The van der Waals surface area contributed by atoms with Crippen LogP contribution in [-0.2, 0) is 4.79 Å². The third-order valence-corrected chi connectivity index (χ3v) is 4.55. The Hall–Kier alpha value is -2.31. The monoisotopic (exact) mass is 419 g/mol. The Labute approximate surface area is 177 Å². The van der Waals surface area contributed by atoms with E-state index >= 15 is 0 Å². The molecule has 0 aromatic heterocycles. The molecule has 2 N–H and O–H groups in total. The molecule has 0 aliphatic rings. The van der Waals surface area contributed by atoms with E-state index in [0.29, 0.717) is 11.6 Å². The van der Waals surface area contributed by atoms with Gasteiger partial charge in [-0.1, -0.05) is 43.5 Å². The van der Waals surface area contributed by atoms with Gasteiger partial charge in [0.25, 0.3) is 0 Å². The van der Waals surface area contributed by atoms with Crippen LogP contribution in [0.1, 0.15) is 26.2 Å². The molecule has 1 amide bonds. The lowest BCUT2D eigenvalue weighted by Gasteiger charge is -2.20. The van der Waals surface area contributed by atoms with Crippen LogP contribution < -0.4 is 20.3 Å². The molecule has 0 aliphatic heterocycles. The number of rotatable bonds is 9. The van der Waals surface area contributed by atoms with Gasteiger partial charge < -0.3 is 20.3 Å². The van der Waals surface area contributed by atoms with Crippen LogP contribution in [0.2, 0.25) is 5.02 Å². The minimum Gasteiger partial charge on any atom is -0.494 e. The number of benzene rings is 2. The van der Waals surface area contributed by atoms with Gasteiger partial charge >= 0.3 is 0 Å². The fraction of sp³-hybridized carbons (Fsp3) is 0.333. The number of nitrogens with zero attached hydrogens (tertiary/aromatic N) is 1. The molecule has 0 fully saturated rings. The van der Waals surface area contributed by atoms with Crippen LogP contribution in [0.15, 0.2) is 48.5 Å². The molecule has 7 heteroatoms. The molecule has 0 heterocycles. The first-order chi connectivity index (χ1) is 13.5. The van der Waals surface area contributed by atoms with Gasteiger partial charge in [-0.15, -0.1) is 0 Å². The smallest absolute Gasteiger partial charge is 0.245 e. The van der Waals surface area contributed by atoms with Gasteiger partial charge in [-0.3, -0.25) is 4.79 Å². The maximum atomic E-state index is 12.2. The SMILES string of the molecule is CCCCCOc1ccc(NC(=S)NC(=O)CN(C)c2ccccc2Cl)cc1. The fourth-order valence-corrected chi connectivity index (χ4v) is 3.08. The molecule has 2 aromatic rings. The van der Waals surface area contributed by atoms with Gasteiger partial charge in [-0.2, -0.15) is 0 Å². The van der Waals surface area contributed by atoms with Gasteiger partial charge in [0, 0.05) is 12.7 Å². The first-order valence-corrected chi connectivity index (χ1v) is 10.1. The molecule has 0 spiro atoms. The summed E-state index contributed by atoms with van der Waals surface area (Å²) in [5, 5.41) is 6.51. The van der Waals surface area contributed by atoms with Crippen LogP contribution in [0, 0.1) is 0 Å². The predicted octanol–water partition coefficient (Wildman–Crippen LogP) is 4.86. The molecule has 0 atom stereocenters. The summed E-state index contributed by atoms with van der Waals surface area (Å²) in [7, 11) is 1.80. The van der Waals surface area contributed by atoms with Crippen molar-refractivity contribution >= 4 is 46.2 Å². The number of anilines is 2. The molecule has 2 aromatic carbocycles. The van der Waals surface area contributed by atoms with Gasteiger partial charge in [0.15, 0.2) is 5.11 Å². The van der Waals surface area contributed by atoms with E-state index in [1.807, 2.05) is 42.5 Å². The number of nitrogens with one attached hydrogen (secondary N) is 2. The van der Waals surface area contributed by atoms with Crippen LogP contribution in [0.4, 0.5) is 11.4 Å². The zero-order chi connectivity index (χ0) is 20.4. The van der Waals surface area contributed by atoms with Crippen molar-refractivity contribution in [1.82, 2.24) is 5.32 Å². The fourth-order valence-electron chi connectivity index (χ4n) is 2.57. The minimum absolute atomic E-state index is 0.135. The van der Waals surface area contributed by atoms with Gasteiger partial charge in [-0.05, 0) is 55.0 Å². The standard InChI is InChI=1S/C21H26ClN3O2S/c1-3-4-7-14-27-17-12-10-16(11-13-17)23-21(28)24-20(26)15-25(2)19-9-6-5-8-18(19)22/h5-6,8-13H,3-4,7,14-15H2,1-2H3,(H2,23,24,26,28). The van der Waals surface area contributed by atoms with E-state index in [-0.39, 0.29) is 17.6 Å². The van der Waals surface area contributed by atoms with Gasteiger partial charge in [0.2, 0.25) is 5.91 Å². The Morgan fingerprint density at radius 1 is 1.14 bits per heavy atom. The Morgan fingerprint density at radius 3 is 2.54 bits per heavy atom. The van der Waals surface area contributed by atoms with Crippen LogP contribution in [0.5, 0.6) is 5.75 Å². The zero-order valence-corrected chi connectivity index (χ0v) is 17.8. The Bertz CT molecular complexity index is 783. The molecule has 0 radical (unpaired) electrons. The topological polar surface area (TPSA) is 53.6 Å².